The van der Waals surface area contributed by atoms with Gasteiger partial charge in [-0.05, 0) is 66.1 Å². The molecule has 2 atom stereocenters. The van der Waals surface area contributed by atoms with Crippen LogP contribution in [0.4, 0.5) is 0 Å². The van der Waals surface area contributed by atoms with Crippen molar-refractivity contribution in [1.82, 2.24) is 14.1 Å². The molecule has 2 unspecified atom stereocenters. The van der Waals surface area contributed by atoms with E-state index < -0.39 is 32.0 Å². The highest BCUT2D eigenvalue weighted by Gasteiger charge is 2.45. The fourth-order valence-electron chi connectivity index (χ4n) is 5.00. The van der Waals surface area contributed by atoms with Crippen molar-refractivity contribution in [3.05, 3.63) is 102 Å². The molecule has 0 aliphatic carbocycles. The molecule has 1 heterocycles. The number of ether oxygens (including phenoxy) is 1. The van der Waals surface area contributed by atoms with E-state index in [0.29, 0.717) is 5.75 Å². The maximum Gasteiger partial charge on any atom is 0.257 e. The summed E-state index contributed by atoms with van der Waals surface area (Å²) < 4.78 is 60.5. The molecule has 1 aliphatic rings. The first-order chi connectivity index (χ1) is 20.5. The number of nitrogens with one attached hydrogen (secondary N) is 1. The molecule has 0 spiro atoms. The van der Waals surface area contributed by atoms with Crippen molar-refractivity contribution in [2.24, 2.45) is 0 Å². The lowest BCUT2D eigenvalue weighted by molar-refractivity contribution is -0.134. The molecular weight excluding hydrogens is 607 g/mol. The van der Waals surface area contributed by atoms with Gasteiger partial charge in [0.2, 0.25) is 10.0 Å². The number of hydrazine groups is 1. The lowest BCUT2D eigenvalue weighted by atomic mass is 10.1. The van der Waals surface area contributed by atoms with Gasteiger partial charge in [0, 0.05) is 24.6 Å². The van der Waals surface area contributed by atoms with Gasteiger partial charge in [0.05, 0.1) is 16.9 Å². The van der Waals surface area contributed by atoms with E-state index in [0.717, 1.165) is 32.7 Å². The van der Waals surface area contributed by atoms with Crippen LogP contribution in [0.25, 0.3) is 10.8 Å². The van der Waals surface area contributed by atoms with Gasteiger partial charge in [-0.15, -0.1) is 4.83 Å². The Balaban J connectivity index is 1.41. The van der Waals surface area contributed by atoms with Gasteiger partial charge in [0.25, 0.3) is 15.9 Å². The number of sulfonamides is 2. The number of aryl methyl sites for hydroxylation is 1. The number of carbonyl (C=O) groups is 1. The molecule has 0 bridgehead atoms. The second-order valence-corrected chi connectivity index (χ2v) is 15.3. The topological polar surface area (TPSA) is 113 Å². The second-order valence-electron chi connectivity index (χ2n) is 10.4. The predicted molar refractivity (Wildman–Crippen MR) is 169 cm³/mol. The molecule has 0 radical (unpaired) electrons. The van der Waals surface area contributed by atoms with Crippen LogP contribution in [0.5, 0.6) is 5.75 Å². The first kappa shape index (κ1) is 31.0. The van der Waals surface area contributed by atoms with Gasteiger partial charge in [-0.3, -0.25) is 9.80 Å². The summed E-state index contributed by atoms with van der Waals surface area (Å²) >= 11 is 1.56. The number of fused-ring (bicyclic) bond motifs is 1. The number of carbonyl (C=O) groups excluding carboxylic acids is 1. The Morgan fingerprint density at radius 2 is 1.58 bits per heavy atom. The number of nitrogens with zero attached hydrogens (tertiary/aromatic N) is 2. The molecule has 43 heavy (non-hydrogen) atoms. The van der Waals surface area contributed by atoms with Crippen molar-refractivity contribution in [3.63, 3.8) is 0 Å². The van der Waals surface area contributed by atoms with Crippen LogP contribution in [0, 0.1) is 6.92 Å². The third-order valence-corrected chi connectivity index (χ3v) is 12.0. The molecule has 1 aliphatic heterocycles. The van der Waals surface area contributed by atoms with E-state index in [1.807, 2.05) is 55.5 Å². The predicted octanol–water partition coefficient (Wildman–Crippen LogP) is 4.57. The number of hydrogen-bond donors (Lipinski definition) is 1. The van der Waals surface area contributed by atoms with Crippen LogP contribution in [0.1, 0.15) is 17.5 Å². The van der Waals surface area contributed by atoms with Crippen molar-refractivity contribution in [2.45, 2.75) is 40.2 Å². The molecule has 1 fully saturated rings. The minimum atomic E-state index is -4.10. The molecule has 9 nitrogen and oxygen atoms in total. The fraction of sp³-hybridized carbons (Fsp3) is 0.258. The molecular formula is C31H33N3O6S3. The SMILES string of the molecule is COc1ccc(CSC2CC(C(=O)N(C)NS(=O)(=O)c3ccc(C)cc3)N(S(=O)(=O)c3ccc4ccccc4c3)C2)cc1. The Bertz CT molecular complexity index is 1830. The van der Waals surface area contributed by atoms with Crippen LogP contribution in [0.15, 0.2) is 101 Å². The molecule has 0 aromatic heterocycles. The van der Waals surface area contributed by atoms with Crippen molar-refractivity contribution in [1.29, 1.82) is 0 Å². The number of likely N-dealkylation sites (N-methyl/N-ethyl adjacent to an activating group) is 1. The Morgan fingerprint density at radius 1 is 0.930 bits per heavy atom. The maximum atomic E-state index is 14.0. The molecule has 1 amide bonds. The second kappa shape index (κ2) is 12.7. The summed E-state index contributed by atoms with van der Waals surface area (Å²) in [4.78, 5) is 16.1. The first-order valence-electron chi connectivity index (χ1n) is 13.6. The van der Waals surface area contributed by atoms with Crippen molar-refractivity contribution < 1.29 is 26.4 Å². The monoisotopic (exact) mass is 639 g/mol. The van der Waals surface area contributed by atoms with Crippen LogP contribution < -0.4 is 9.57 Å². The van der Waals surface area contributed by atoms with E-state index in [4.69, 9.17) is 4.74 Å². The summed E-state index contributed by atoms with van der Waals surface area (Å²) in [6.45, 7) is 1.94. The van der Waals surface area contributed by atoms with Crippen molar-refractivity contribution in [2.75, 3.05) is 20.7 Å². The average molecular weight is 640 g/mol. The quantitative estimate of drug-likeness (QED) is 0.253. The highest BCUT2D eigenvalue weighted by atomic mass is 32.2. The molecule has 4 aromatic carbocycles. The van der Waals surface area contributed by atoms with Crippen LogP contribution in [-0.2, 0) is 30.6 Å². The Labute approximate surface area is 256 Å². The fourth-order valence-corrected chi connectivity index (χ4v) is 9.02. The number of hydrogen-bond acceptors (Lipinski definition) is 7. The molecule has 12 heteroatoms. The largest absolute Gasteiger partial charge is 0.497 e. The number of amides is 1. The number of benzene rings is 4. The van der Waals surface area contributed by atoms with Gasteiger partial charge in [0.1, 0.15) is 11.8 Å². The lowest BCUT2D eigenvalue weighted by Gasteiger charge is -2.27. The van der Waals surface area contributed by atoms with Crippen LogP contribution in [0.3, 0.4) is 0 Å². The number of thioether (sulfide) groups is 1. The van der Waals surface area contributed by atoms with Crippen LogP contribution in [0.2, 0.25) is 0 Å². The molecule has 0 saturated carbocycles. The number of rotatable bonds is 10. The summed E-state index contributed by atoms with van der Waals surface area (Å²) in [5, 5.41) is 2.33. The average Bonchev–Trinajstić information content (AvgIpc) is 3.45. The third kappa shape index (κ3) is 6.89. The zero-order valence-electron chi connectivity index (χ0n) is 24.0. The van der Waals surface area contributed by atoms with Gasteiger partial charge in [0.15, 0.2) is 0 Å². The summed E-state index contributed by atoms with van der Waals surface area (Å²) in [6, 6.07) is 25.1. The summed E-state index contributed by atoms with van der Waals surface area (Å²) in [5.41, 5.74) is 1.93. The van der Waals surface area contributed by atoms with E-state index in [1.54, 1.807) is 49.2 Å². The van der Waals surface area contributed by atoms with Gasteiger partial charge >= 0.3 is 0 Å². The zero-order valence-corrected chi connectivity index (χ0v) is 26.5. The van der Waals surface area contributed by atoms with Crippen LogP contribution >= 0.6 is 11.8 Å². The maximum absolute atomic E-state index is 14.0. The Kier molecular flexibility index (Phi) is 9.14. The highest BCUT2D eigenvalue weighted by molar-refractivity contribution is 7.99. The normalized spacial score (nSPS) is 17.7. The molecule has 226 valence electrons. The minimum absolute atomic E-state index is 0.00210. The van der Waals surface area contributed by atoms with E-state index in [-0.39, 0.29) is 28.0 Å². The van der Waals surface area contributed by atoms with Gasteiger partial charge in [-0.25, -0.2) is 16.8 Å². The van der Waals surface area contributed by atoms with Gasteiger partial charge in [-0.1, -0.05) is 60.2 Å². The molecule has 4 aromatic rings. The van der Waals surface area contributed by atoms with E-state index in [2.05, 4.69) is 4.83 Å². The molecule has 1 saturated heterocycles. The van der Waals surface area contributed by atoms with Crippen molar-refractivity contribution >= 4 is 48.5 Å². The van der Waals surface area contributed by atoms with Gasteiger partial charge in [-0.2, -0.15) is 16.1 Å². The van der Waals surface area contributed by atoms with Gasteiger partial charge < -0.3 is 4.74 Å². The summed E-state index contributed by atoms with van der Waals surface area (Å²) in [6.07, 6.45) is 0.225. The molecule has 1 N–H and O–H groups in total. The van der Waals surface area contributed by atoms with E-state index >= 15 is 0 Å². The summed E-state index contributed by atoms with van der Waals surface area (Å²) in [7, 11) is -5.28. The minimum Gasteiger partial charge on any atom is -0.497 e. The van der Waals surface area contributed by atoms with Crippen molar-refractivity contribution in [3.8, 4) is 5.75 Å². The molecule has 5 rings (SSSR count). The zero-order chi connectivity index (χ0) is 30.8. The van der Waals surface area contributed by atoms with E-state index in [9.17, 15) is 21.6 Å². The van der Waals surface area contributed by atoms with E-state index in [1.165, 1.54) is 23.5 Å². The lowest BCUT2D eigenvalue weighted by Crippen LogP contribution is -2.52. The Morgan fingerprint density at radius 3 is 2.26 bits per heavy atom. The highest BCUT2D eigenvalue weighted by Crippen LogP contribution is 2.35. The third-order valence-electron chi connectivity index (χ3n) is 7.39. The number of methoxy groups -OCH3 is 1. The Hall–Kier alpha value is -3.42. The smallest absolute Gasteiger partial charge is 0.257 e. The standard InChI is InChI=1S/C31H33N3O6S3/c1-22-8-15-28(16-9-22)42(36,37)32-33(2)31(35)30-19-27(41-21-23-10-13-26(40-3)14-11-23)20-34(30)43(38,39)29-17-12-24-6-4-5-7-25(24)18-29/h4-18,27,30,32H,19-21H2,1-3H3. The summed E-state index contributed by atoms with van der Waals surface area (Å²) in [5.74, 6) is 0.687. The first-order valence-corrected chi connectivity index (χ1v) is 17.6. The van der Waals surface area contributed by atoms with Crippen LogP contribution in [-0.4, -0.2) is 64.1 Å².